The van der Waals surface area contributed by atoms with Crippen LogP contribution in [0, 0.1) is 13.8 Å². The monoisotopic (exact) mass is 305 g/mol. The van der Waals surface area contributed by atoms with Gasteiger partial charge < -0.3 is 10.5 Å². The molecule has 1 aromatic carbocycles. The van der Waals surface area contributed by atoms with E-state index in [9.17, 15) is 4.79 Å². The van der Waals surface area contributed by atoms with Crippen molar-refractivity contribution in [1.29, 1.82) is 0 Å². The molecule has 1 heterocycles. The number of hydrogen-bond donors (Lipinski definition) is 1. The second-order valence-corrected chi connectivity index (χ2v) is 5.49. The van der Waals surface area contributed by atoms with Crippen LogP contribution in [0.15, 0.2) is 23.2 Å². The van der Waals surface area contributed by atoms with E-state index in [1.165, 1.54) is 11.8 Å². The molecule has 0 aliphatic rings. The molecule has 2 rings (SSSR count). The molecule has 0 spiro atoms. The van der Waals surface area contributed by atoms with E-state index in [0.29, 0.717) is 23.0 Å². The van der Waals surface area contributed by atoms with E-state index in [0.717, 1.165) is 16.8 Å². The Kier molecular flexibility index (Phi) is 4.57. The average Bonchev–Trinajstić information content (AvgIpc) is 2.76. The summed E-state index contributed by atoms with van der Waals surface area (Å²) < 4.78 is 6.67. The maximum absolute atomic E-state index is 12.1. The zero-order valence-corrected chi connectivity index (χ0v) is 13.5. The Morgan fingerprint density at radius 3 is 2.71 bits per heavy atom. The Morgan fingerprint density at radius 1 is 1.43 bits per heavy atom. The number of carbonyl (C=O) groups excluding carboxylic acids is 1. The lowest BCUT2D eigenvalue weighted by Gasteiger charge is -2.09. The number of nitrogens with two attached hydrogens (primary N) is 1. The van der Waals surface area contributed by atoms with Gasteiger partial charge in [0.15, 0.2) is 0 Å². The highest BCUT2D eigenvalue weighted by Crippen LogP contribution is 2.29. The topological polar surface area (TPSA) is 70.1 Å². The molecule has 0 saturated carbocycles. The van der Waals surface area contributed by atoms with Crippen molar-refractivity contribution in [3.8, 4) is 5.69 Å². The summed E-state index contributed by atoms with van der Waals surface area (Å²) in [6.07, 6.45) is 1.86. The maximum atomic E-state index is 12.1. The van der Waals surface area contributed by atoms with E-state index in [4.69, 9.17) is 10.5 Å². The highest BCUT2D eigenvalue weighted by Gasteiger charge is 2.24. The van der Waals surface area contributed by atoms with Crippen molar-refractivity contribution in [3.63, 3.8) is 0 Å². The molecule has 2 N–H and O–H groups in total. The van der Waals surface area contributed by atoms with Gasteiger partial charge in [0.25, 0.3) is 0 Å². The smallest absolute Gasteiger partial charge is 0.344 e. The number of ether oxygens (including phenoxy) is 1. The van der Waals surface area contributed by atoms with Gasteiger partial charge in [-0.2, -0.15) is 5.10 Å². The Bertz CT molecular complexity index is 680. The fourth-order valence-electron chi connectivity index (χ4n) is 2.17. The first kappa shape index (κ1) is 15.4. The Labute approximate surface area is 128 Å². The number of anilines is 1. The SMILES string of the molecule is CCOC(=O)c1c(SC)nn(-c2ccc(C)cc2C)c1N. The first-order valence-corrected chi connectivity index (χ1v) is 7.89. The van der Waals surface area contributed by atoms with Gasteiger partial charge in [-0.25, -0.2) is 9.48 Å². The minimum Gasteiger partial charge on any atom is -0.462 e. The van der Waals surface area contributed by atoms with Crippen molar-refractivity contribution in [3.05, 3.63) is 34.9 Å². The van der Waals surface area contributed by atoms with Crippen LogP contribution >= 0.6 is 11.8 Å². The normalized spacial score (nSPS) is 10.7. The molecule has 0 amide bonds. The number of rotatable bonds is 4. The summed E-state index contributed by atoms with van der Waals surface area (Å²) in [5.74, 6) is -0.125. The molecular formula is C15H19N3O2S. The average molecular weight is 305 g/mol. The third-order valence-corrected chi connectivity index (χ3v) is 3.81. The van der Waals surface area contributed by atoms with E-state index in [2.05, 4.69) is 11.2 Å². The molecule has 21 heavy (non-hydrogen) atoms. The lowest BCUT2D eigenvalue weighted by Crippen LogP contribution is -2.10. The van der Waals surface area contributed by atoms with E-state index < -0.39 is 5.97 Å². The predicted octanol–water partition coefficient (Wildman–Crippen LogP) is 2.97. The maximum Gasteiger partial charge on any atom is 0.344 e. The first-order valence-electron chi connectivity index (χ1n) is 6.66. The van der Waals surface area contributed by atoms with E-state index in [-0.39, 0.29) is 0 Å². The van der Waals surface area contributed by atoms with Crippen LogP contribution in [0.4, 0.5) is 5.82 Å². The summed E-state index contributed by atoms with van der Waals surface area (Å²) in [6.45, 7) is 6.09. The summed E-state index contributed by atoms with van der Waals surface area (Å²) in [7, 11) is 0. The van der Waals surface area contributed by atoms with Gasteiger partial charge in [0.05, 0.1) is 12.3 Å². The molecule has 0 saturated heterocycles. The van der Waals surface area contributed by atoms with E-state index in [1.807, 2.05) is 32.2 Å². The number of aromatic nitrogens is 2. The quantitative estimate of drug-likeness (QED) is 0.694. The molecule has 2 aromatic rings. The Balaban J connectivity index is 2.58. The third-order valence-electron chi connectivity index (χ3n) is 3.14. The van der Waals surface area contributed by atoms with Gasteiger partial charge in [-0.3, -0.25) is 0 Å². The van der Waals surface area contributed by atoms with Crippen molar-refractivity contribution < 1.29 is 9.53 Å². The van der Waals surface area contributed by atoms with Gasteiger partial charge in [0, 0.05) is 0 Å². The summed E-state index contributed by atoms with van der Waals surface area (Å²) in [4.78, 5) is 12.1. The number of thioether (sulfide) groups is 1. The van der Waals surface area contributed by atoms with Crippen LogP contribution in [0.5, 0.6) is 0 Å². The zero-order valence-electron chi connectivity index (χ0n) is 12.6. The first-order chi connectivity index (χ1) is 9.99. The highest BCUT2D eigenvalue weighted by atomic mass is 32.2. The molecule has 0 radical (unpaired) electrons. The van der Waals surface area contributed by atoms with Crippen LogP contribution in [-0.4, -0.2) is 28.6 Å². The lowest BCUT2D eigenvalue weighted by molar-refractivity contribution is 0.0523. The molecule has 0 fully saturated rings. The van der Waals surface area contributed by atoms with Crippen molar-refractivity contribution in [1.82, 2.24) is 9.78 Å². The molecule has 0 unspecified atom stereocenters. The number of carbonyl (C=O) groups is 1. The van der Waals surface area contributed by atoms with Gasteiger partial charge in [0.1, 0.15) is 16.4 Å². The summed E-state index contributed by atoms with van der Waals surface area (Å²) in [5, 5.41) is 5.02. The van der Waals surface area contributed by atoms with Crippen molar-refractivity contribution >= 4 is 23.5 Å². The van der Waals surface area contributed by atoms with E-state index >= 15 is 0 Å². The van der Waals surface area contributed by atoms with Crippen molar-refractivity contribution in [2.45, 2.75) is 25.8 Å². The van der Waals surface area contributed by atoms with Crippen LogP contribution in [0.1, 0.15) is 28.4 Å². The predicted molar refractivity (Wildman–Crippen MR) is 85.2 cm³/mol. The Hall–Kier alpha value is -1.95. The zero-order chi connectivity index (χ0) is 15.6. The largest absolute Gasteiger partial charge is 0.462 e. The van der Waals surface area contributed by atoms with Crippen LogP contribution in [0.25, 0.3) is 5.69 Å². The van der Waals surface area contributed by atoms with Gasteiger partial charge in [0.2, 0.25) is 0 Å². The summed E-state index contributed by atoms with van der Waals surface area (Å²) in [5.41, 5.74) is 9.55. The number of hydrogen-bond acceptors (Lipinski definition) is 5. The molecule has 0 aliphatic heterocycles. The van der Waals surface area contributed by atoms with Gasteiger partial charge >= 0.3 is 5.97 Å². The van der Waals surface area contributed by atoms with E-state index in [1.54, 1.807) is 11.6 Å². The summed E-state index contributed by atoms with van der Waals surface area (Å²) >= 11 is 1.38. The van der Waals surface area contributed by atoms with Gasteiger partial charge in [-0.15, -0.1) is 11.8 Å². The molecule has 112 valence electrons. The van der Waals surface area contributed by atoms with Crippen LogP contribution in [0.2, 0.25) is 0 Å². The second-order valence-electron chi connectivity index (χ2n) is 4.69. The third kappa shape index (κ3) is 2.90. The number of aryl methyl sites for hydroxylation is 2. The molecule has 1 aromatic heterocycles. The van der Waals surface area contributed by atoms with Crippen LogP contribution in [0.3, 0.4) is 0 Å². The molecule has 0 bridgehead atoms. The molecule has 0 atom stereocenters. The Morgan fingerprint density at radius 2 is 2.14 bits per heavy atom. The number of esters is 1. The number of nitrogen functional groups attached to an aromatic ring is 1. The molecule has 6 heteroatoms. The van der Waals surface area contributed by atoms with Crippen molar-refractivity contribution in [2.24, 2.45) is 0 Å². The molecular weight excluding hydrogens is 286 g/mol. The van der Waals surface area contributed by atoms with Crippen LogP contribution < -0.4 is 5.73 Å². The minimum atomic E-state index is -0.435. The summed E-state index contributed by atoms with van der Waals surface area (Å²) in [6, 6.07) is 6.00. The standard InChI is InChI=1S/C15H19N3O2S/c1-5-20-15(19)12-13(16)18(17-14(12)21-4)11-7-6-9(2)8-10(11)3/h6-8H,5,16H2,1-4H3. The van der Waals surface area contributed by atoms with Crippen molar-refractivity contribution in [2.75, 3.05) is 18.6 Å². The number of benzene rings is 1. The lowest BCUT2D eigenvalue weighted by atomic mass is 10.1. The van der Waals surface area contributed by atoms with Gasteiger partial charge in [-0.05, 0) is 38.7 Å². The minimum absolute atomic E-state index is 0.306. The fourth-order valence-corrected chi connectivity index (χ4v) is 2.73. The molecule has 5 nitrogen and oxygen atoms in total. The van der Waals surface area contributed by atoms with Gasteiger partial charge in [-0.1, -0.05) is 17.7 Å². The van der Waals surface area contributed by atoms with Crippen LogP contribution in [-0.2, 0) is 4.74 Å². The number of nitrogens with zero attached hydrogens (tertiary/aromatic N) is 2. The highest BCUT2D eigenvalue weighted by molar-refractivity contribution is 7.98. The fraction of sp³-hybridized carbons (Fsp3) is 0.333. The molecule has 0 aliphatic carbocycles. The second kappa shape index (κ2) is 6.22.